The third kappa shape index (κ3) is 4.05. The zero-order valence-electron chi connectivity index (χ0n) is 19.5. The Balaban J connectivity index is 1.57. The summed E-state index contributed by atoms with van der Waals surface area (Å²) in [5.41, 5.74) is 7.77. The predicted molar refractivity (Wildman–Crippen MR) is 130 cm³/mol. The Kier molecular flexibility index (Phi) is 5.64. The number of nitrogens with zero attached hydrogens (tertiary/aromatic N) is 1. The minimum Gasteiger partial charge on any atom is -0.345 e. The van der Waals surface area contributed by atoms with Gasteiger partial charge in [0.05, 0.1) is 5.41 Å². The van der Waals surface area contributed by atoms with E-state index in [1.807, 2.05) is 42.5 Å². The van der Waals surface area contributed by atoms with Crippen LogP contribution >= 0.6 is 0 Å². The van der Waals surface area contributed by atoms with Gasteiger partial charge in [-0.1, -0.05) is 36.4 Å². The van der Waals surface area contributed by atoms with E-state index in [4.69, 9.17) is 0 Å². The molecule has 0 heterocycles. The summed E-state index contributed by atoms with van der Waals surface area (Å²) in [6, 6.07) is 20.0. The number of rotatable bonds is 5. The van der Waals surface area contributed by atoms with Gasteiger partial charge in [0.25, 0.3) is 5.91 Å². The molecule has 4 rings (SSSR count). The second-order valence-electron chi connectivity index (χ2n) is 9.14. The van der Waals surface area contributed by atoms with E-state index in [1.165, 1.54) is 11.1 Å². The number of amides is 2. The van der Waals surface area contributed by atoms with Crippen LogP contribution in [0.15, 0.2) is 60.7 Å². The van der Waals surface area contributed by atoms with E-state index in [0.29, 0.717) is 5.56 Å². The summed E-state index contributed by atoms with van der Waals surface area (Å²) in [7, 11) is 3.49. The lowest BCUT2D eigenvalue weighted by molar-refractivity contribution is -0.118. The molecule has 4 nitrogen and oxygen atoms in total. The maximum Gasteiger partial charge on any atom is 0.253 e. The van der Waals surface area contributed by atoms with Crippen molar-refractivity contribution < 1.29 is 9.59 Å². The molecule has 0 spiro atoms. The summed E-state index contributed by atoms with van der Waals surface area (Å²) in [5.74, 6) is 0.0397. The molecule has 0 bridgehead atoms. The van der Waals surface area contributed by atoms with Crippen molar-refractivity contribution in [2.75, 3.05) is 19.4 Å². The quantitative estimate of drug-likeness (QED) is 0.573. The number of hydrogen-bond acceptors (Lipinski definition) is 2. The van der Waals surface area contributed by atoms with Crippen LogP contribution in [0.4, 0.5) is 5.69 Å². The van der Waals surface area contributed by atoms with Gasteiger partial charge in [0, 0.05) is 25.3 Å². The number of carbonyl (C=O) groups is 2. The Morgan fingerprint density at radius 3 is 2.06 bits per heavy atom. The number of hydrogen-bond donors (Lipinski definition) is 1. The number of nitrogens with one attached hydrogen (secondary N) is 1. The Hall–Kier alpha value is -3.40. The molecule has 32 heavy (non-hydrogen) atoms. The van der Waals surface area contributed by atoms with Crippen molar-refractivity contribution >= 4 is 17.5 Å². The first-order valence-corrected chi connectivity index (χ1v) is 11.0. The molecule has 0 aromatic heterocycles. The monoisotopic (exact) mass is 426 g/mol. The fourth-order valence-corrected chi connectivity index (χ4v) is 4.12. The molecular weight excluding hydrogens is 396 g/mol. The largest absolute Gasteiger partial charge is 0.345 e. The van der Waals surface area contributed by atoms with Crippen molar-refractivity contribution in [3.05, 3.63) is 88.5 Å². The average Bonchev–Trinajstić information content (AvgIpc) is 3.59. The molecule has 1 saturated carbocycles. The summed E-state index contributed by atoms with van der Waals surface area (Å²) in [6.07, 6.45) is 1.75. The van der Waals surface area contributed by atoms with Gasteiger partial charge in [-0.25, -0.2) is 0 Å². The van der Waals surface area contributed by atoms with Gasteiger partial charge in [-0.15, -0.1) is 0 Å². The third-order valence-corrected chi connectivity index (χ3v) is 6.59. The van der Waals surface area contributed by atoms with Crippen LogP contribution in [-0.2, 0) is 10.2 Å². The van der Waals surface area contributed by atoms with E-state index in [0.717, 1.165) is 40.8 Å². The minimum absolute atomic E-state index is 0.0182. The zero-order valence-corrected chi connectivity index (χ0v) is 19.5. The molecule has 4 heteroatoms. The third-order valence-electron chi connectivity index (χ3n) is 6.59. The van der Waals surface area contributed by atoms with Crippen LogP contribution in [0, 0.1) is 20.8 Å². The highest BCUT2D eigenvalue weighted by Gasteiger charge is 2.51. The molecule has 3 aromatic carbocycles. The first kappa shape index (κ1) is 21.8. The molecule has 0 radical (unpaired) electrons. The van der Waals surface area contributed by atoms with Gasteiger partial charge in [0.2, 0.25) is 5.91 Å². The van der Waals surface area contributed by atoms with Crippen LogP contribution in [0.5, 0.6) is 0 Å². The standard InChI is InChI=1S/C28H30N2O2/c1-18-6-12-23(16-20(18)3)28(14-15-28)27(32)29-24-13-7-19(2)25(17-24)21-8-10-22(11-9-21)26(31)30(4)5/h6-13,16-17H,14-15H2,1-5H3,(H,29,32). The molecule has 1 aliphatic rings. The maximum atomic E-state index is 13.3. The lowest BCUT2D eigenvalue weighted by Gasteiger charge is -2.18. The van der Waals surface area contributed by atoms with Crippen molar-refractivity contribution in [2.45, 2.75) is 39.0 Å². The minimum atomic E-state index is -0.419. The van der Waals surface area contributed by atoms with Gasteiger partial charge in [0.15, 0.2) is 0 Å². The number of anilines is 1. The molecule has 1 fully saturated rings. The van der Waals surface area contributed by atoms with Gasteiger partial charge in [-0.05, 0) is 91.3 Å². The highest BCUT2D eigenvalue weighted by Crippen LogP contribution is 2.49. The molecule has 0 aliphatic heterocycles. The van der Waals surface area contributed by atoms with Gasteiger partial charge in [-0.2, -0.15) is 0 Å². The second-order valence-corrected chi connectivity index (χ2v) is 9.14. The van der Waals surface area contributed by atoms with Gasteiger partial charge in [-0.3, -0.25) is 9.59 Å². The van der Waals surface area contributed by atoms with E-state index in [-0.39, 0.29) is 11.8 Å². The fourth-order valence-electron chi connectivity index (χ4n) is 4.12. The van der Waals surface area contributed by atoms with E-state index in [1.54, 1.807) is 19.0 Å². The first-order valence-electron chi connectivity index (χ1n) is 11.0. The van der Waals surface area contributed by atoms with E-state index in [9.17, 15) is 9.59 Å². The Bertz CT molecular complexity index is 1190. The van der Waals surface area contributed by atoms with Crippen LogP contribution < -0.4 is 5.32 Å². The normalized spacial score (nSPS) is 14.0. The van der Waals surface area contributed by atoms with Gasteiger partial charge in [0.1, 0.15) is 0 Å². The summed E-state index contributed by atoms with van der Waals surface area (Å²) in [4.78, 5) is 27.0. The lowest BCUT2D eigenvalue weighted by Crippen LogP contribution is -2.28. The van der Waals surface area contributed by atoms with Crippen LogP contribution in [0.3, 0.4) is 0 Å². The van der Waals surface area contributed by atoms with Crippen molar-refractivity contribution in [3.63, 3.8) is 0 Å². The summed E-state index contributed by atoms with van der Waals surface area (Å²) < 4.78 is 0. The van der Waals surface area contributed by atoms with Gasteiger partial charge < -0.3 is 10.2 Å². The summed E-state index contributed by atoms with van der Waals surface area (Å²) in [5, 5.41) is 3.16. The Morgan fingerprint density at radius 2 is 1.47 bits per heavy atom. The zero-order chi connectivity index (χ0) is 23.0. The van der Waals surface area contributed by atoms with E-state index in [2.05, 4.69) is 44.3 Å². The summed E-state index contributed by atoms with van der Waals surface area (Å²) >= 11 is 0. The van der Waals surface area contributed by atoms with Gasteiger partial charge >= 0.3 is 0 Å². The molecule has 0 atom stereocenters. The average molecular weight is 427 g/mol. The topological polar surface area (TPSA) is 49.4 Å². The Labute approximate surface area is 190 Å². The second kappa shape index (κ2) is 8.27. The fraction of sp³-hybridized carbons (Fsp3) is 0.286. The molecule has 3 aromatic rings. The maximum absolute atomic E-state index is 13.3. The predicted octanol–water partition coefficient (Wildman–Crippen LogP) is 5.65. The molecule has 1 aliphatic carbocycles. The highest BCUT2D eigenvalue weighted by atomic mass is 16.2. The molecule has 2 amide bonds. The van der Waals surface area contributed by atoms with Crippen molar-refractivity contribution in [2.24, 2.45) is 0 Å². The number of carbonyl (C=O) groups excluding carboxylic acids is 2. The van der Waals surface area contributed by atoms with Crippen LogP contribution in [0.25, 0.3) is 11.1 Å². The highest BCUT2D eigenvalue weighted by molar-refractivity contribution is 6.02. The van der Waals surface area contributed by atoms with Crippen LogP contribution in [0.1, 0.15) is 45.5 Å². The smallest absolute Gasteiger partial charge is 0.253 e. The van der Waals surface area contributed by atoms with Crippen molar-refractivity contribution in [1.82, 2.24) is 4.90 Å². The van der Waals surface area contributed by atoms with Crippen LogP contribution in [-0.4, -0.2) is 30.8 Å². The molecule has 0 unspecified atom stereocenters. The van der Waals surface area contributed by atoms with Crippen molar-refractivity contribution in [1.29, 1.82) is 0 Å². The Morgan fingerprint density at radius 1 is 0.812 bits per heavy atom. The van der Waals surface area contributed by atoms with Crippen molar-refractivity contribution in [3.8, 4) is 11.1 Å². The SMILES string of the molecule is Cc1ccc(C2(C(=O)Nc3ccc(C)c(-c4ccc(C(=O)N(C)C)cc4)c3)CC2)cc1C. The molecule has 164 valence electrons. The molecular formula is C28H30N2O2. The van der Waals surface area contributed by atoms with E-state index >= 15 is 0 Å². The first-order chi connectivity index (χ1) is 15.2. The lowest BCUT2D eigenvalue weighted by atomic mass is 9.92. The van der Waals surface area contributed by atoms with E-state index < -0.39 is 5.41 Å². The number of benzene rings is 3. The van der Waals surface area contributed by atoms with Crippen LogP contribution in [0.2, 0.25) is 0 Å². The molecule has 0 saturated heterocycles. The summed E-state index contributed by atoms with van der Waals surface area (Å²) in [6.45, 7) is 6.24. The number of aryl methyl sites for hydroxylation is 3. The molecule has 1 N–H and O–H groups in total.